The summed E-state index contributed by atoms with van der Waals surface area (Å²) in [6.07, 6.45) is 4.72. The third-order valence-corrected chi connectivity index (χ3v) is 0.992. The maximum Gasteiger partial charge on any atom is 0.293 e. The van der Waals surface area contributed by atoms with Crippen LogP contribution in [0.25, 0.3) is 0 Å². The van der Waals surface area contributed by atoms with Crippen LogP contribution < -0.4 is 0 Å². The average molecular weight is 128 g/mol. The lowest BCUT2D eigenvalue weighted by Gasteiger charge is -2.03. The fraction of sp³-hybridized carbons (Fsp3) is 0.571. The van der Waals surface area contributed by atoms with Gasteiger partial charge in [0.1, 0.15) is 6.10 Å². The fourth-order valence-corrected chi connectivity index (χ4v) is 0.478. The first-order valence-corrected chi connectivity index (χ1v) is 3.01. The highest BCUT2D eigenvalue weighted by Gasteiger charge is 1.94. The summed E-state index contributed by atoms with van der Waals surface area (Å²) in [5, 5.41) is 0. The first kappa shape index (κ1) is 8.21. The molecule has 0 radical (unpaired) electrons. The highest BCUT2D eigenvalue weighted by molar-refractivity contribution is 5.37. The van der Waals surface area contributed by atoms with Crippen LogP contribution >= 0.6 is 0 Å². The van der Waals surface area contributed by atoms with Crippen LogP contribution in [0.4, 0.5) is 0 Å². The number of carbonyl (C=O) groups excluding carboxylic acids is 1. The topological polar surface area (TPSA) is 26.3 Å². The molecule has 0 aliphatic heterocycles. The maximum absolute atomic E-state index is 9.73. The van der Waals surface area contributed by atoms with Gasteiger partial charge in [0.05, 0.1) is 0 Å². The van der Waals surface area contributed by atoms with Crippen molar-refractivity contribution in [3.63, 3.8) is 0 Å². The Morgan fingerprint density at radius 2 is 2.33 bits per heavy atom. The fourth-order valence-electron chi connectivity index (χ4n) is 0.478. The molecule has 0 spiro atoms. The van der Waals surface area contributed by atoms with E-state index < -0.39 is 0 Å². The summed E-state index contributed by atoms with van der Waals surface area (Å²) in [5.41, 5.74) is 0. The van der Waals surface area contributed by atoms with Gasteiger partial charge in [0, 0.05) is 6.42 Å². The van der Waals surface area contributed by atoms with Crippen molar-refractivity contribution in [1.29, 1.82) is 0 Å². The summed E-state index contributed by atoms with van der Waals surface area (Å²) in [5.74, 6) is 0. The van der Waals surface area contributed by atoms with Crippen LogP contribution in [0.3, 0.4) is 0 Å². The molecule has 0 bridgehead atoms. The van der Waals surface area contributed by atoms with Crippen molar-refractivity contribution in [3.05, 3.63) is 12.2 Å². The quantitative estimate of drug-likeness (QED) is 0.424. The lowest BCUT2D eigenvalue weighted by molar-refractivity contribution is -0.132. The SMILES string of the molecule is CC=CCC(C)OC=O. The first-order valence-electron chi connectivity index (χ1n) is 3.01. The van der Waals surface area contributed by atoms with Crippen molar-refractivity contribution in [2.24, 2.45) is 0 Å². The van der Waals surface area contributed by atoms with Crippen molar-refractivity contribution >= 4 is 6.47 Å². The molecular formula is C7H12O2. The van der Waals surface area contributed by atoms with Crippen LogP contribution in [-0.2, 0) is 9.53 Å². The second-order valence-corrected chi connectivity index (χ2v) is 1.85. The van der Waals surface area contributed by atoms with Crippen LogP contribution in [-0.4, -0.2) is 12.6 Å². The molecule has 1 atom stereocenters. The first-order chi connectivity index (χ1) is 4.31. The van der Waals surface area contributed by atoms with Crippen LogP contribution in [0.2, 0.25) is 0 Å². The number of allylic oxidation sites excluding steroid dienone is 1. The van der Waals surface area contributed by atoms with E-state index in [4.69, 9.17) is 0 Å². The molecule has 0 amide bonds. The second kappa shape index (κ2) is 5.35. The van der Waals surface area contributed by atoms with Gasteiger partial charge < -0.3 is 4.74 Å². The summed E-state index contributed by atoms with van der Waals surface area (Å²) in [7, 11) is 0. The highest BCUT2D eigenvalue weighted by Crippen LogP contribution is 1.95. The lowest BCUT2D eigenvalue weighted by Crippen LogP contribution is -2.04. The van der Waals surface area contributed by atoms with E-state index in [9.17, 15) is 4.79 Å². The molecule has 0 heterocycles. The van der Waals surface area contributed by atoms with E-state index in [2.05, 4.69) is 4.74 Å². The zero-order valence-corrected chi connectivity index (χ0v) is 5.83. The van der Waals surface area contributed by atoms with Gasteiger partial charge in [0.2, 0.25) is 0 Å². The third-order valence-electron chi connectivity index (χ3n) is 0.992. The number of hydrogen-bond acceptors (Lipinski definition) is 2. The minimum atomic E-state index is 0.0127. The maximum atomic E-state index is 9.73. The zero-order chi connectivity index (χ0) is 7.11. The van der Waals surface area contributed by atoms with Crippen molar-refractivity contribution in [3.8, 4) is 0 Å². The van der Waals surface area contributed by atoms with Gasteiger partial charge >= 0.3 is 0 Å². The van der Waals surface area contributed by atoms with E-state index in [1.807, 2.05) is 26.0 Å². The average Bonchev–Trinajstić information content (AvgIpc) is 1.85. The van der Waals surface area contributed by atoms with Gasteiger partial charge in [-0.2, -0.15) is 0 Å². The Kier molecular flexibility index (Phi) is 4.88. The molecule has 0 aromatic carbocycles. The third kappa shape index (κ3) is 5.07. The molecule has 0 fully saturated rings. The van der Waals surface area contributed by atoms with Crippen LogP contribution in [0, 0.1) is 0 Å². The number of ether oxygens (including phenoxy) is 1. The van der Waals surface area contributed by atoms with Gasteiger partial charge in [-0.05, 0) is 13.8 Å². The molecule has 9 heavy (non-hydrogen) atoms. The Balaban J connectivity index is 3.25. The lowest BCUT2D eigenvalue weighted by atomic mass is 10.3. The van der Waals surface area contributed by atoms with Gasteiger partial charge in [0.15, 0.2) is 0 Å². The Hall–Kier alpha value is -0.790. The van der Waals surface area contributed by atoms with Crippen molar-refractivity contribution in [2.45, 2.75) is 26.4 Å². The summed E-state index contributed by atoms with van der Waals surface area (Å²) in [6.45, 7) is 4.27. The number of rotatable bonds is 4. The second-order valence-electron chi connectivity index (χ2n) is 1.85. The molecular weight excluding hydrogens is 116 g/mol. The smallest absolute Gasteiger partial charge is 0.293 e. The molecule has 1 unspecified atom stereocenters. The van der Waals surface area contributed by atoms with E-state index in [-0.39, 0.29) is 6.10 Å². The predicted molar refractivity (Wildman–Crippen MR) is 36.0 cm³/mol. The Labute approximate surface area is 55.5 Å². The molecule has 52 valence electrons. The number of hydrogen-bond donors (Lipinski definition) is 0. The minimum Gasteiger partial charge on any atom is -0.465 e. The van der Waals surface area contributed by atoms with Crippen molar-refractivity contribution in [2.75, 3.05) is 0 Å². The molecule has 0 N–H and O–H groups in total. The highest BCUT2D eigenvalue weighted by atomic mass is 16.5. The van der Waals surface area contributed by atoms with E-state index in [1.165, 1.54) is 0 Å². The van der Waals surface area contributed by atoms with E-state index in [0.717, 1.165) is 6.42 Å². The van der Waals surface area contributed by atoms with Gasteiger partial charge in [-0.25, -0.2) is 0 Å². The molecule has 0 aromatic heterocycles. The van der Waals surface area contributed by atoms with Gasteiger partial charge in [0.25, 0.3) is 6.47 Å². The summed E-state index contributed by atoms with van der Waals surface area (Å²) >= 11 is 0. The van der Waals surface area contributed by atoms with Crippen molar-refractivity contribution in [1.82, 2.24) is 0 Å². The molecule has 0 aliphatic rings. The van der Waals surface area contributed by atoms with E-state index >= 15 is 0 Å². The Morgan fingerprint density at radius 1 is 1.67 bits per heavy atom. The largest absolute Gasteiger partial charge is 0.465 e. The summed E-state index contributed by atoms with van der Waals surface area (Å²) in [6, 6.07) is 0. The normalized spacial score (nSPS) is 13.6. The molecule has 0 saturated carbocycles. The van der Waals surface area contributed by atoms with Crippen LogP contribution in [0.15, 0.2) is 12.2 Å². The van der Waals surface area contributed by atoms with Gasteiger partial charge in [-0.3, -0.25) is 4.79 Å². The standard InChI is InChI=1S/C7H12O2/c1-3-4-5-7(2)9-6-8/h3-4,6-7H,5H2,1-2H3. The van der Waals surface area contributed by atoms with Crippen molar-refractivity contribution < 1.29 is 9.53 Å². The monoisotopic (exact) mass is 128 g/mol. The van der Waals surface area contributed by atoms with Crippen LogP contribution in [0.1, 0.15) is 20.3 Å². The molecule has 0 aromatic rings. The number of carbonyl (C=O) groups is 1. The minimum absolute atomic E-state index is 0.0127. The Bertz CT molecular complexity index is 97.1. The zero-order valence-electron chi connectivity index (χ0n) is 5.83. The molecule has 0 saturated heterocycles. The molecule has 2 heteroatoms. The molecule has 2 nitrogen and oxygen atoms in total. The molecule has 0 rings (SSSR count). The van der Waals surface area contributed by atoms with E-state index in [1.54, 1.807) is 0 Å². The molecule has 0 aliphatic carbocycles. The predicted octanol–water partition coefficient (Wildman–Crippen LogP) is 1.51. The summed E-state index contributed by atoms with van der Waals surface area (Å²) < 4.78 is 4.61. The van der Waals surface area contributed by atoms with Crippen LogP contribution in [0.5, 0.6) is 0 Å². The van der Waals surface area contributed by atoms with Gasteiger partial charge in [-0.15, -0.1) is 0 Å². The van der Waals surface area contributed by atoms with E-state index in [0.29, 0.717) is 6.47 Å². The Morgan fingerprint density at radius 3 is 2.78 bits per heavy atom. The van der Waals surface area contributed by atoms with Gasteiger partial charge in [-0.1, -0.05) is 12.2 Å². The summed E-state index contributed by atoms with van der Waals surface area (Å²) in [4.78, 5) is 9.73.